The molecule has 3 heterocycles. The summed E-state index contributed by atoms with van der Waals surface area (Å²) in [5, 5.41) is 6.23. The Balaban J connectivity index is 1.75. The summed E-state index contributed by atoms with van der Waals surface area (Å²) < 4.78 is 33.0. The van der Waals surface area contributed by atoms with Gasteiger partial charge in [0.2, 0.25) is 10.0 Å². The summed E-state index contributed by atoms with van der Waals surface area (Å²) in [5.74, 6) is 0.717. The Labute approximate surface area is 142 Å². The molecule has 9 heteroatoms. The van der Waals surface area contributed by atoms with E-state index in [9.17, 15) is 13.2 Å². The lowest BCUT2D eigenvalue weighted by molar-refractivity contribution is 0.479. The molecule has 3 rings (SSSR count). The normalized spacial score (nSPS) is 13.0. The molecule has 0 spiro atoms. The van der Waals surface area contributed by atoms with Gasteiger partial charge in [-0.3, -0.25) is 4.79 Å². The van der Waals surface area contributed by atoms with Crippen molar-refractivity contribution in [2.24, 2.45) is 0 Å². The number of aromatic amines is 1. The molecule has 3 aromatic heterocycles. The fourth-order valence-electron chi connectivity index (χ4n) is 2.18. The van der Waals surface area contributed by atoms with Crippen LogP contribution in [0.5, 0.6) is 0 Å². The molecule has 24 heavy (non-hydrogen) atoms. The molecule has 1 atom stereocenters. The standard InChI is InChI=1S/C15H15N3O4S2/c1-10(9-11-3-2-8-22-11)18-24(20,21)15-7-5-13(23-15)12-4-6-14(19)17-16-12/h2-8,10,18H,9H2,1H3,(H,17,19). The second-order valence-electron chi connectivity index (χ2n) is 5.23. The lowest BCUT2D eigenvalue weighted by Gasteiger charge is -2.11. The van der Waals surface area contributed by atoms with Crippen molar-refractivity contribution >= 4 is 21.4 Å². The van der Waals surface area contributed by atoms with E-state index in [4.69, 9.17) is 4.42 Å². The predicted molar refractivity (Wildman–Crippen MR) is 90.4 cm³/mol. The summed E-state index contributed by atoms with van der Waals surface area (Å²) in [6, 6.07) is 9.34. The van der Waals surface area contributed by atoms with E-state index in [1.165, 1.54) is 12.1 Å². The van der Waals surface area contributed by atoms with Crippen LogP contribution in [0.2, 0.25) is 0 Å². The lowest BCUT2D eigenvalue weighted by Crippen LogP contribution is -2.33. The molecule has 0 saturated heterocycles. The smallest absolute Gasteiger partial charge is 0.264 e. The summed E-state index contributed by atoms with van der Waals surface area (Å²) in [6.45, 7) is 1.78. The average molecular weight is 365 g/mol. The quantitative estimate of drug-likeness (QED) is 0.695. The Bertz CT molecular complexity index is 954. The maximum absolute atomic E-state index is 12.5. The van der Waals surface area contributed by atoms with Gasteiger partial charge in [0.1, 0.15) is 15.7 Å². The molecule has 0 aliphatic rings. The number of sulfonamides is 1. The van der Waals surface area contributed by atoms with Gasteiger partial charge in [-0.2, -0.15) is 5.10 Å². The van der Waals surface area contributed by atoms with Gasteiger partial charge >= 0.3 is 0 Å². The number of furan rings is 1. The minimum absolute atomic E-state index is 0.191. The minimum atomic E-state index is -3.63. The monoisotopic (exact) mass is 365 g/mol. The number of aromatic nitrogens is 2. The zero-order valence-electron chi connectivity index (χ0n) is 12.7. The van der Waals surface area contributed by atoms with Gasteiger partial charge < -0.3 is 4.42 Å². The van der Waals surface area contributed by atoms with E-state index in [-0.39, 0.29) is 15.8 Å². The fourth-order valence-corrected chi connectivity index (χ4v) is 4.72. The lowest BCUT2D eigenvalue weighted by atomic mass is 10.2. The molecule has 0 amide bonds. The molecular weight excluding hydrogens is 350 g/mol. The SMILES string of the molecule is CC(Cc1ccco1)NS(=O)(=O)c1ccc(-c2ccc(=O)[nH]n2)s1. The van der Waals surface area contributed by atoms with E-state index < -0.39 is 10.0 Å². The van der Waals surface area contributed by atoms with Crippen LogP contribution in [0.25, 0.3) is 10.6 Å². The number of H-pyrrole nitrogens is 1. The minimum Gasteiger partial charge on any atom is -0.469 e. The van der Waals surface area contributed by atoms with Gasteiger partial charge in [-0.05, 0) is 37.3 Å². The first-order valence-electron chi connectivity index (χ1n) is 7.15. The average Bonchev–Trinajstić information content (AvgIpc) is 3.18. The van der Waals surface area contributed by atoms with Crippen LogP contribution in [0, 0.1) is 0 Å². The van der Waals surface area contributed by atoms with Crippen molar-refractivity contribution in [1.82, 2.24) is 14.9 Å². The third kappa shape index (κ3) is 3.81. The molecule has 7 nitrogen and oxygen atoms in total. The van der Waals surface area contributed by atoms with Crippen molar-refractivity contribution in [2.45, 2.75) is 23.6 Å². The zero-order valence-corrected chi connectivity index (χ0v) is 14.4. The molecule has 0 bridgehead atoms. The first-order chi connectivity index (χ1) is 11.4. The highest BCUT2D eigenvalue weighted by Crippen LogP contribution is 2.29. The first-order valence-corrected chi connectivity index (χ1v) is 9.45. The highest BCUT2D eigenvalue weighted by Gasteiger charge is 2.21. The summed E-state index contributed by atoms with van der Waals surface area (Å²) in [5.41, 5.74) is 0.209. The number of hydrogen-bond donors (Lipinski definition) is 2. The number of hydrogen-bond acceptors (Lipinski definition) is 6. The van der Waals surface area contributed by atoms with Crippen LogP contribution in [0.4, 0.5) is 0 Å². The largest absolute Gasteiger partial charge is 0.469 e. The Kier molecular flexibility index (Phi) is 4.65. The molecule has 0 saturated carbocycles. The van der Waals surface area contributed by atoms with Gasteiger partial charge in [-0.1, -0.05) is 0 Å². The summed E-state index contributed by atoms with van der Waals surface area (Å²) >= 11 is 1.09. The van der Waals surface area contributed by atoms with E-state index in [0.29, 0.717) is 17.0 Å². The highest BCUT2D eigenvalue weighted by atomic mass is 32.2. The molecule has 0 aromatic carbocycles. The summed E-state index contributed by atoms with van der Waals surface area (Å²) in [7, 11) is -3.63. The Hall–Kier alpha value is -2.23. The molecule has 3 aromatic rings. The van der Waals surface area contributed by atoms with Crippen molar-refractivity contribution in [3.05, 3.63) is 58.8 Å². The first kappa shape index (κ1) is 16.6. The van der Waals surface area contributed by atoms with Gasteiger partial charge in [0.15, 0.2) is 0 Å². The Morgan fingerprint density at radius 1 is 1.29 bits per heavy atom. The van der Waals surface area contributed by atoms with Crippen molar-refractivity contribution in [3.8, 4) is 10.6 Å². The van der Waals surface area contributed by atoms with E-state index >= 15 is 0 Å². The molecule has 0 aliphatic carbocycles. The Morgan fingerprint density at radius 2 is 2.12 bits per heavy atom. The van der Waals surface area contributed by atoms with Crippen LogP contribution in [0.15, 0.2) is 56.1 Å². The maximum Gasteiger partial charge on any atom is 0.264 e. The van der Waals surface area contributed by atoms with Crippen molar-refractivity contribution in [2.75, 3.05) is 0 Å². The van der Waals surface area contributed by atoms with Crippen LogP contribution < -0.4 is 10.3 Å². The summed E-state index contributed by atoms with van der Waals surface area (Å²) in [6.07, 6.45) is 2.02. The third-order valence-electron chi connectivity index (χ3n) is 3.22. The van der Waals surface area contributed by atoms with Gasteiger partial charge in [0, 0.05) is 18.5 Å². The molecule has 1 unspecified atom stereocenters. The molecule has 126 valence electrons. The summed E-state index contributed by atoms with van der Waals surface area (Å²) in [4.78, 5) is 11.7. The van der Waals surface area contributed by atoms with Gasteiger partial charge in [0.05, 0.1) is 11.1 Å². The van der Waals surface area contributed by atoms with Crippen molar-refractivity contribution in [1.29, 1.82) is 0 Å². The fraction of sp³-hybridized carbons (Fsp3) is 0.200. The van der Waals surface area contributed by atoms with E-state index in [0.717, 1.165) is 17.1 Å². The Morgan fingerprint density at radius 3 is 2.79 bits per heavy atom. The molecular formula is C15H15N3O4S2. The van der Waals surface area contributed by atoms with E-state index in [2.05, 4.69) is 14.9 Å². The topological polar surface area (TPSA) is 105 Å². The number of nitrogens with zero attached hydrogens (tertiary/aromatic N) is 1. The predicted octanol–water partition coefficient (Wildman–Crippen LogP) is 2.00. The molecule has 0 aliphatic heterocycles. The number of thiophene rings is 1. The van der Waals surface area contributed by atoms with Crippen LogP contribution in [0.3, 0.4) is 0 Å². The van der Waals surface area contributed by atoms with Crippen LogP contribution >= 0.6 is 11.3 Å². The van der Waals surface area contributed by atoms with Gasteiger partial charge in [-0.25, -0.2) is 18.2 Å². The maximum atomic E-state index is 12.5. The molecule has 2 N–H and O–H groups in total. The highest BCUT2D eigenvalue weighted by molar-refractivity contribution is 7.91. The van der Waals surface area contributed by atoms with Crippen LogP contribution in [0.1, 0.15) is 12.7 Å². The van der Waals surface area contributed by atoms with E-state index in [1.807, 2.05) is 0 Å². The zero-order chi connectivity index (χ0) is 17.2. The number of rotatable bonds is 6. The van der Waals surface area contributed by atoms with Crippen molar-refractivity contribution < 1.29 is 12.8 Å². The second kappa shape index (κ2) is 6.71. The van der Waals surface area contributed by atoms with Crippen molar-refractivity contribution in [3.63, 3.8) is 0 Å². The number of nitrogens with one attached hydrogen (secondary N) is 2. The van der Waals surface area contributed by atoms with E-state index in [1.54, 1.807) is 37.5 Å². The van der Waals surface area contributed by atoms with Gasteiger partial charge in [0.25, 0.3) is 5.56 Å². The second-order valence-corrected chi connectivity index (χ2v) is 8.26. The van der Waals surface area contributed by atoms with Gasteiger partial charge in [-0.15, -0.1) is 11.3 Å². The third-order valence-corrected chi connectivity index (χ3v) is 6.41. The van der Waals surface area contributed by atoms with Crippen LogP contribution in [-0.2, 0) is 16.4 Å². The molecule has 0 radical (unpaired) electrons. The van der Waals surface area contributed by atoms with Crippen LogP contribution in [-0.4, -0.2) is 24.7 Å². The molecule has 0 fully saturated rings.